The third-order valence-electron chi connectivity index (χ3n) is 4.25. The van der Waals surface area contributed by atoms with Gasteiger partial charge in [-0.25, -0.2) is 8.42 Å². The lowest BCUT2D eigenvalue weighted by Crippen LogP contribution is -2.47. The van der Waals surface area contributed by atoms with Gasteiger partial charge >= 0.3 is 0 Å². The van der Waals surface area contributed by atoms with Crippen molar-refractivity contribution in [3.63, 3.8) is 0 Å². The van der Waals surface area contributed by atoms with E-state index in [0.717, 1.165) is 25.7 Å². The van der Waals surface area contributed by atoms with E-state index in [2.05, 4.69) is 10.6 Å². The fourth-order valence-electron chi connectivity index (χ4n) is 2.79. The molecule has 132 valence electrons. The molecule has 0 spiro atoms. The number of sulfone groups is 1. The van der Waals surface area contributed by atoms with Gasteiger partial charge in [0, 0.05) is 12.5 Å². The zero-order valence-corrected chi connectivity index (χ0v) is 14.6. The molecule has 1 aliphatic rings. The Balaban J connectivity index is 1.77. The minimum atomic E-state index is -3.42. The average Bonchev–Trinajstić information content (AvgIpc) is 3.10. The first-order chi connectivity index (χ1) is 11.4. The second-order valence-corrected chi connectivity index (χ2v) is 8.24. The van der Waals surface area contributed by atoms with Crippen LogP contribution in [0.1, 0.15) is 32.6 Å². The second-order valence-electron chi connectivity index (χ2n) is 6.13. The molecule has 1 aromatic carbocycles. The number of rotatable bonds is 7. The van der Waals surface area contributed by atoms with Crippen LogP contribution in [0.15, 0.2) is 35.2 Å². The Bertz CT molecular complexity index is 667. The average molecular weight is 352 g/mol. The summed E-state index contributed by atoms with van der Waals surface area (Å²) in [6.45, 7) is 1.62. The zero-order valence-electron chi connectivity index (χ0n) is 13.8. The fourth-order valence-corrected chi connectivity index (χ4v) is 3.97. The van der Waals surface area contributed by atoms with Crippen LogP contribution in [0, 0.1) is 5.92 Å². The van der Waals surface area contributed by atoms with E-state index in [-0.39, 0.29) is 34.9 Å². The topological polar surface area (TPSA) is 92.3 Å². The smallest absolute Gasteiger partial charge is 0.242 e. The Morgan fingerprint density at radius 2 is 1.79 bits per heavy atom. The molecule has 7 heteroatoms. The maximum atomic E-state index is 12.1. The van der Waals surface area contributed by atoms with Crippen LogP contribution in [0.2, 0.25) is 0 Å². The summed E-state index contributed by atoms with van der Waals surface area (Å²) in [6, 6.07) is 7.45. The van der Waals surface area contributed by atoms with Crippen LogP contribution in [-0.2, 0) is 19.4 Å². The maximum absolute atomic E-state index is 12.1. The molecule has 2 rings (SSSR count). The van der Waals surface area contributed by atoms with E-state index in [0.29, 0.717) is 0 Å². The fraction of sp³-hybridized carbons (Fsp3) is 0.529. The van der Waals surface area contributed by atoms with Gasteiger partial charge in [0.05, 0.1) is 10.6 Å². The maximum Gasteiger partial charge on any atom is 0.242 e. The molecule has 0 unspecified atom stereocenters. The summed E-state index contributed by atoms with van der Waals surface area (Å²) in [5.41, 5.74) is 0. The number of hydrogen-bond acceptors (Lipinski definition) is 4. The van der Waals surface area contributed by atoms with Gasteiger partial charge in [-0.05, 0) is 31.9 Å². The van der Waals surface area contributed by atoms with Crippen molar-refractivity contribution in [3.8, 4) is 0 Å². The summed E-state index contributed by atoms with van der Waals surface area (Å²) < 4.78 is 24.2. The number of benzene rings is 1. The quantitative estimate of drug-likeness (QED) is 0.773. The molecule has 6 nitrogen and oxygen atoms in total. The predicted octanol–water partition coefficient (Wildman–Crippen LogP) is 1.27. The highest BCUT2D eigenvalue weighted by molar-refractivity contribution is 7.91. The van der Waals surface area contributed by atoms with Gasteiger partial charge in [-0.2, -0.15) is 0 Å². The van der Waals surface area contributed by atoms with Gasteiger partial charge in [-0.3, -0.25) is 9.59 Å². The third kappa shape index (κ3) is 5.06. The Morgan fingerprint density at radius 3 is 2.42 bits per heavy atom. The normalized spacial score (nSPS) is 16.5. The molecule has 0 aliphatic heterocycles. The van der Waals surface area contributed by atoms with E-state index in [4.69, 9.17) is 0 Å². The lowest BCUT2D eigenvalue weighted by atomic mass is 10.1. The SMILES string of the molecule is C[C@@H](NC(=O)C1CCCC1)C(=O)NCCS(=O)(=O)c1ccccc1. The number of amides is 2. The van der Waals surface area contributed by atoms with Crippen LogP contribution < -0.4 is 10.6 Å². The molecule has 1 aliphatic carbocycles. The van der Waals surface area contributed by atoms with Crippen molar-refractivity contribution in [2.75, 3.05) is 12.3 Å². The minimum absolute atomic E-state index is 0.00120. The Labute approximate surface area is 142 Å². The molecule has 0 radical (unpaired) electrons. The van der Waals surface area contributed by atoms with Gasteiger partial charge in [0.15, 0.2) is 9.84 Å². The summed E-state index contributed by atoms with van der Waals surface area (Å²) in [4.78, 5) is 24.2. The highest BCUT2D eigenvalue weighted by atomic mass is 32.2. The first kappa shape index (κ1) is 18.4. The van der Waals surface area contributed by atoms with Crippen molar-refractivity contribution in [1.82, 2.24) is 10.6 Å². The summed E-state index contributed by atoms with van der Waals surface area (Å²) in [7, 11) is -3.42. The summed E-state index contributed by atoms with van der Waals surface area (Å²) in [5, 5.41) is 5.27. The molecule has 1 aromatic rings. The Hall–Kier alpha value is -1.89. The lowest BCUT2D eigenvalue weighted by molar-refractivity contribution is -0.130. The van der Waals surface area contributed by atoms with E-state index >= 15 is 0 Å². The molecule has 0 aromatic heterocycles. The van der Waals surface area contributed by atoms with Crippen molar-refractivity contribution in [3.05, 3.63) is 30.3 Å². The molecule has 24 heavy (non-hydrogen) atoms. The van der Waals surface area contributed by atoms with Crippen LogP contribution in [-0.4, -0.2) is 38.6 Å². The first-order valence-corrected chi connectivity index (χ1v) is 9.91. The van der Waals surface area contributed by atoms with E-state index in [9.17, 15) is 18.0 Å². The van der Waals surface area contributed by atoms with Gasteiger partial charge in [-0.15, -0.1) is 0 Å². The summed E-state index contributed by atoms with van der Waals surface area (Å²) in [5.74, 6) is -0.637. The zero-order chi connectivity index (χ0) is 17.6. The summed E-state index contributed by atoms with van der Waals surface area (Å²) >= 11 is 0. The molecule has 1 fully saturated rings. The monoisotopic (exact) mass is 352 g/mol. The minimum Gasteiger partial charge on any atom is -0.353 e. The van der Waals surface area contributed by atoms with Crippen molar-refractivity contribution in [2.45, 2.75) is 43.5 Å². The van der Waals surface area contributed by atoms with Crippen molar-refractivity contribution < 1.29 is 18.0 Å². The van der Waals surface area contributed by atoms with Gasteiger partial charge in [0.1, 0.15) is 6.04 Å². The Morgan fingerprint density at radius 1 is 1.17 bits per heavy atom. The highest BCUT2D eigenvalue weighted by Gasteiger charge is 2.25. The molecule has 0 bridgehead atoms. The van der Waals surface area contributed by atoms with Crippen LogP contribution in [0.4, 0.5) is 0 Å². The van der Waals surface area contributed by atoms with Crippen LogP contribution in [0.5, 0.6) is 0 Å². The molecular weight excluding hydrogens is 328 g/mol. The highest BCUT2D eigenvalue weighted by Crippen LogP contribution is 2.24. The van der Waals surface area contributed by atoms with E-state index in [1.807, 2.05) is 0 Å². The molecule has 2 N–H and O–H groups in total. The van der Waals surface area contributed by atoms with Gasteiger partial charge in [0.2, 0.25) is 11.8 Å². The Kier molecular flexibility index (Phi) is 6.36. The van der Waals surface area contributed by atoms with Crippen LogP contribution in [0.3, 0.4) is 0 Å². The number of carbonyl (C=O) groups is 2. The standard InChI is InChI=1S/C17H24N2O4S/c1-13(19-17(21)14-7-5-6-8-14)16(20)18-11-12-24(22,23)15-9-3-2-4-10-15/h2-4,9-10,13-14H,5-8,11-12H2,1H3,(H,18,20)(H,19,21)/t13-/m1/s1. The van der Waals surface area contributed by atoms with Crippen molar-refractivity contribution >= 4 is 21.7 Å². The second kappa shape index (κ2) is 8.28. The number of carbonyl (C=O) groups excluding carboxylic acids is 2. The first-order valence-electron chi connectivity index (χ1n) is 8.26. The predicted molar refractivity (Wildman–Crippen MR) is 91.1 cm³/mol. The van der Waals surface area contributed by atoms with E-state index < -0.39 is 15.9 Å². The molecule has 0 saturated heterocycles. The largest absolute Gasteiger partial charge is 0.353 e. The molecule has 1 saturated carbocycles. The van der Waals surface area contributed by atoms with E-state index in [1.54, 1.807) is 25.1 Å². The van der Waals surface area contributed by atoms with Crippen LogP contribution in [0.25, 0.3) is 0 Å². The van der Waals surface area contributed by atoms with Crippen molar-refractivity contribution in [2.24, 2.45) is 5.92 Å². The van der Waals surface area contributed by atoms with Gasteiger partial charge < -0.3 is 10.6 Å². The van der Waals surface area contributed by atoms with Crippen LogP contribution >= 0.6 is 0 Å². The van der Waals surface area contributed by atoms with E-state index in [1.165, 1.54) is 12.1 Å². The molecule has 1 atom stereocenters. The lowest BCUT2D eigenvalue weighted by Gasteiger charge is -2.16. The number of nitrogens with one attached hydrogen (secondary N) is 2. The molecule has 2 amide bonds. The molecule has 0 heterocycles. The van der Waals surface area contributed by atoms with Gasteiger partial charge in [0.25, 0.3) is 0 Å². The third-order valence-corrected chi connectivity index (χ3v) is 5.98. The van der Waals surface area contributed by atoms with Crippen molar-refractivity contribution in [1.29, 1.82) is 0 Å². The molecular formula is C17H24N2O4S. The van der Waals surface area contributed by atoms with Gasteiger partial charge in [-0.1, -0.05) is 31.0 Å². The summed E-state index contributed by atoms with van der Waals surface area (Å²) in [6.07, 6.45) is 3.84. The number of hydrogen-bond donors (Lipinski definition) is 2.